The van der Waals surface area contributed by atoms with E-state index in [1.165, 1.54) is 6.26 Å². The molecule has 28 heavy (non-hydrogen) atoms. The van der Waals surface area contributed by atoms with E-state index < -0.39 is 0 Å². The van der Waals surface area contributed by atoms with Crippen LogP contribution in [0.1, 0.15) is 45.0 Å². The van der Waals surface area contributed by atoms with Gasteiger partial charge in [0.15, 0.2) is 5.76 Å². The van der Waals surface area contributed by atoms with Crippen LogP contribution in [0.25, 0.3) is 0 Å². The smallest absolute Gasteiger partial charge is 0.291 e. The Labute approximate surface area is 168 Å². The normalized spacial score (nSPS) is 11.7. The maximum absolute atomic E-state index is 13.0. The van der Waals surface area contributed by atoms with Crippen molar-refractivity contribution in [2.45, 2.75) is 19.9 Å². The average molecular weight is 397 g/mol. The predicted molar refractivity (Wildman–Crippen MR) is 110 cm³/mol. The minimum atomic E-state index is -0.363. The summed E-state index contributed by atoms with van der Waals surface area (Å²) in [5.41, 5.74) is 2.84. The van der Waals surface area contributed by atoms with E-state index in [2.05, 4.69) is 5.32 Å². The maximum atomic E-state index is 13.0. The van der Waals surface area contributed by atoms with Crippen molar-refractivity contribution in [3.63, 3.8) is 0 Å². The van der Waals surface area contributed by atoms with Crippen molar-refractivity contribution in [2.24, 2.45) is 0 Å². The highest BCUT2D eigenvalue weighted by molar-refractivity contribution is 6.30. The Morgan fingerprint density at radius 2 is 1.89 bits per heavy atom. The minimum absolute atomic E-state index is 0.152. The summed E-state index contributed by atoms with van der Waals surface area (Å²) in [6.07, 6.45) is 1.44. The number of halogens is 1. The second kappa shape index (κ2) is 8.31. The van der Waals surface area contributed by atoms with Crippen molar-refractivity contribution in [3.8, 4) is 0 Å². The molecule has 3 aromatic rings. The standard InChI is InChI=1S/C22H21ClN2O3/c1-14-9-10-17(13-19(14)24-21(26)20-8-5-11-28-20)22(27)25(3)15(2)16-6-4-7-18(23)12-16/h4-13,15H,1-3H3,(H,24,26). The molecule has 3 rings (SSSR count). The first-order valence-electron chi connectivity index (χ1n) is 8.85. The van der Waals surface area contributed by atoms with Crippen LogP contribution in [-0.4, -0.2) is 23.8 Å². The summed E-state index contributed by atoms with van der Waals surface area (Å²) in [5, 5.41) is 3.42. The Balaban J connectivity index is 1.80. The molecule has 0 saturated heterocycles. The third-order valence-electron chi connectivity index (χ3n) is 4.71. The molecule has 2 amide bonds. The lowest BCUT2D eigenvalue weighted by Crippen LogP contribution is -2.29. The Morgan fingerprint density at radius 1 is 1.11 bits per heavy atom. The van der Waals surface area contributed by atoms with Gasteiger partial charge in [0, 0.05) is 23.3 Å². The molecule has 0 aliphatic rings. The third kappa shape index (κ3) is 4.26. The van der Waals surface area contributed by atoms with Gasteiger partial charge in [-0.05, 0) is 61.4 Å². The number of anilines is 1. The number of carbonyl (C=O) groups excluding carboxylic acids is 2. The van der Waals surface area contributed by atoms with Crippen LogP contribution in [-0.2, 0) is 0 Å². The van der Waals surface area contributed by atoms with E-state index in [0.717, 1.165) is 11.1 Å². The van der Waals surface area contributed by atoms with E-state index in [9.17, 15) is 9.59 Å². The van der Waals surface area contributed by atoms with Gasteiger partial charge >= 0.3 is 0 Å². The summed E-state index contributed by atoms with van der Waals surface area (Å²) < 4.78 is 5.12. The van der Waals surface area contributed by atoms with E-state index in [0.29, 0.717) is 16.3 Å². The van der Waals surface area contributed by atoms with Gasteiger partial charge in [-0.1, -0.05) is 29.8 Å². The van der Waals surface area contributed by atoms with E-state index >= 15 is 0 Å². The van der Waals surface area contributed by atoms with Gasteiger partial charge in [-0.3, -0.25) is 9.59 Å². The highest BCUT2D eigenvalue weighted by Gasteiger charge is 2.20. The van der Waals surface area contributed by atoms with Gasteiger partial charge in [-0.25, -0.2) is 0 Å². The SMILES string of the molecule is Cc1ccc(C(=O)N(C)C(C)c2cccc(Cl)c2)cc1NC(=O)c1ccco1. The number of nitrogens with zero attached hydrogens (tertiary/aromatic N) is 1. The maximum Gasteiger partial charge on any atom is 0.291 e. The number of nitrogens with one attached hydrogen (secondary N) is 1. The highest BCUT2D eigenvalue weighted by atomic mass is 35.5. The first-order valence-corrected chi connectivity index (χ1v) is 9.22. The molecule has 144 valence electrons. The molecule has 1 atom stereocenters. The topological polar surface area (TPSA) is 62.6 Å². The summed E-state index contributed by atoms with van der Waals surface area (Å²) in [4.78, 5) is 26.9. The van der Waals surface area contributed by atoms with E-state index in [1.54, 1.807) is 42.3 Å². The zero-order chi connectivity index (χ0) is 20.3. The van der Waals surface area contributed by atoms with Crippen molar-refractivity contribution in [3.05, 3.63) is 88.3 Å². The highest BCUT2D eigenvalue weighted by Crippen LogP contribution is 2.25. The summed E-state index contributed by atoms with van der Waals surface area (Å²) in [5.74, 6) is -0.304. The molecule has 0 bridgehead atoms. The minimum Gasteiger partial charge on any atom is -0.459 e. The Bertz CT molecular complexity index is 999. The van der Waals surface area contributed by atoms with Crippen LogP contribution in [0.4, 0.5) is 5.69 Å². The zero-order valence-corrected chi connectivity index (χ0v) is 16.7. The average Bonchev–Trinajstić information content (AvgIpc) is 3.23. The fourth-order valence-electron chi connectivity index (χ4n) is 2.85. The van der Waals surface area contributed by atoms with Gasteiger partial charge in [0.1, 0.15) is 0 Å². The molecule has 0 radical (unpaired) electrons. The lowest BCUT2D eigenvalue weighted by atomic mass is 10.0. The second-order valence-corrected chi connectivity index (χ2v) is 7.04. The van der Waals surface area contributed by atoms with Crippen LogP contribution in [0.5, 0.6) is 0 Å². The lowest BCUT2D eigenvalue weighted by molar-refractivity contribution is 0.0742. The van der Waals surface area contributed by atoms with E-state index in [4.69, 9.17) is 16.0 Å². The fourth-order valence-corrected chi connectivity index (χ4v) is 3.05. The lowest BCUT2D eigenvalue weighted by Gasteiger charge is -2.26. The predicted octanol–water partition coefficient (Wildman–Crippen LogP) is 5.33. The van der Waals surface area contributed by atoms with Crippen LogP contribution >= 0.6 is 11.6 Å². The van der Waals surface area contributed by atoms with Crippen molar-refractivity contribution < 1.29 is 14.0 Å². The summed E-state index contributed by atoms with van der Waals surface area (Å²) >= 11 is 6.07. The first kappa shape index (κ1) is 19.7. The number of amides is 2. The first-order chi connectivity index (χ1) is 13.4. The number of rotatable bonds is 5. The third-order valence-corrected chi connectivity index (χ3v) is 4.95. The number of hydrogen-bond donors (Lipinski definition) is 1. The molecular formula is C22H21ClN2O3. The van der Waals surface area contributed by atoms with Crippen molar-refractivity contribution in [1.29, 1.82) is 0 Å². The zero-order valence-electron chi connectivity index (χ0n) is 15.9. The summed E-state index contributed by atoms with van der Waals surface area (Å²) in [7, 11) is 1.74. The number of hydrogen-bond acceptors (Lipinski definition) is 3. The molecule has 0 fully saturated rings. The molecule has 1 heterocycles. The Kier molecular flexibility index (Phi) is 5.85. The van der Waals surface area contributed by atoms with Crippen LogP contribution in [0.3, 0.4) is 0 Å². The molecule has 2 aromatic carbocycles. The van der Waals surface area contributed by atoms with Crippen LogP contribution in [0.2, 0.25) is 5.02 Å². The van der Waals surface area contributed by atoms with Gasteiger partial charge in [0.05, 0.1) is 12.3 Å². The number of benzene rings is 2. The molecule has 1 N–H and O–H groups in total. The van der Waals surface area contributed by atoms with Gasteiger partial charge in [-0.2, -0.15) is 0 Å². The molecule has 0 spiro atoms. The van der Waals surface area contributed by atoms with Crippen molar-refractivity contribution >= 4 is 29.1 Å². The Morgan fingerprint density at radius 3 is 2.57 bits per heavy atom. The number of carbonyl (C=O) groups is 2. The number of furan rings is 1. The quantitative estimate of drug-likeness (QED) is 0.634. The molecule has 0 aliphatic carbocycles. The van der Waals surface area contributed by atoms with E-state index in [-0.39, 0.29) is 23.6 Å². The monoisotopic (exact) mass is 396 g/mol. The van der Waals surface area contributed by atoms with Crippen LogP contribution in [0.15, 0.2) is 65.3 Å². The van der Waals surface area contributed by atoms with Gasteiger partial charge in [0.25, 0.3) is 11.8 Å². The van der Waals surface area contributed by atoms with Crippen LogP contribution < -0.4 is 5.32 Å². The molecular weight excluding hydrogens is 376 g/mol. The molecule has 1 unspecified atom stereocenters. The van der Waals surface area contributed by atoms with Gasteiger partial charge in [0.2, 0.25) is 0 Å². The summed E-state index contributed by atoms with van der Waals surface area (Å²) in [6.45, 7) is 3.81. The van der Waals surface area contributed by atoms with Gasteiger partial charge < -0.3 is 14.6 Å². The molecule has 0 aliphatic heterocycles. The fraction of sp³-hybridized carbons (Fsp3) is 0.182. The molecule has 0 saturated carbocycles. The van der Waals surface area contributed by atoms with Crippen LogP contribution in [0, 0.1) is 6.92 Å². The van der Waals surface area contributed by atoms with E-state index in [1.807, 2.05) is 38.1 Å². The summed E-state index contributed by atoms with van der Waals surface area (Å²) in [6, 6.07) is 15.8. The second-order valence-electron chi connectivity index (χ2n) is 6.61. The molecule has 1 aromatic heterocycles. The van der Waals surface area contributed by atoms with Crippen molar-refractivity contribution in [2.75, 3.05) is 12.4 Å². The molecule has 6 heteroatoms. The van der Waals surface area contributed by atoms with Gasteiger partial charge in [-0.15, -0.1) is 0 Å². The molecule has 5 nitrogen and oxygen atoms in total. The Hall–Kier alpha value is -3.05. The van der Waals surface area contributed by atoms with Crippen molar-refractivity contribution in [1.82, 2.24) is 4.90 Å². The number of aryl methyl sites for hydroxylation is 1. The largest absolute Gasteiger partial charge is 0.459 e.